The number of morpholine rings is 1. The van der Waals surface area contributed by atoms with Crippen molar-refractivity contribution in [2.24, 2.45) is 11.8 Å². The van der Waals surface area contributed by atoms with E-state index in [2.05, 4.69) is 40.3 Å². The highest BCUT2D eigenvalue weighted by Gasteiger charge is 2.26. The van der Waals surface area contributed by atoms with Crippen LogP contribution in [0.25, 0.3) is 10.2 Å². The molecule has 2 aliphatic rings. The van der Waals surface area contributed by atoms with Crippen molar-refractivity contribution in [3.63, 3.8) is 0 Å². The van der Waals surface area contributed by atoms with Crippen molar-refractivity contribution in [1.82, 2.24) is 9.88 Å². The summed E-state index contributed by atoms with van der Waals surface area (Å²) in [7, 11) is 0. The molecule has 0 spiro atoms. The van der Waals surface area contributed by atoms with Gasteiger partial charge in [0, 0.05) is 25.6 Å². The van der Waals surface area contributed by atoms with Crippen molar-refractivity contribution in [2.75, 3.05) is 31.6 Å². The van der Waals surface area contributed by atoms with Gasteiger partial charge in [-0.25, -0.2) is 4.98 Å². The van der Waals surface area contributed by atoms with Crippen molar-refractivity contribution in [3.8, 4) is 0 Å². The summed E-state index contributed by atoms with van der Waals surface area (Å²) < 4.78 is 6.58. The summed E-state index contributed by atoms with van der Waals surface area (Å²) in [4.78, 5) is 19.8. The maximum atomic E-state index is 12.7. The van der Waals surface area contributed by atoms with E-state index < -0.39 is 0 Å². The molecule has 1 saturated carbocycles. The van der Waals surface area contributed by atoms with Gasteiger partial charge in [-0.3, -0.25) is 9.69 Å². The van der Waals surface area contributed by atoms with E-state index in [9.17, 15) is 4.79 Å². The Labute approximate surface area is 177 Å². The molecule has 1 aromatic carbocycles. The molecule has 1 aliphatic carbocycles. The van der Waals surface area contributed by atoms with Gasteiger partial charge < -0.3 is 10.1 Å². The Morgan fingerprint density at radius 1 is 1.24 bits per heavy atom. The van der Waals surface area contributed by atoms with Crippen molar-refractivity contribution >= 4 is 32.6 Å². The number of anilines is 1. The van der Waals surface area contributed by atoms with Gasteiger partial charge in [-0.2, -0.15) is 0 Å². The fraction of sp³-hybridized carbons (Fsp3) is 0.652. The molecule has 0 unspecified atom stereocenters. The number of hydrogen-bond acceptors (Lipinski definition) is 5. The van der Waals surface area contributed by atoms with Gasteiger partial charge in [-0.1, -0.05) is 43.6 Å². The number of thiazole rings is 1. The number of carbonyl (C=O) groups is 1. The summed E-state index contributed by atoms with van der Waals surface area (Å²) in [6, 6.07) is 6.45. The number of hydrogen-bond donors (Lipinski definition) is 1. The first-order chi connectivity index (χ1) is 14.2. The zero-order valence-electron chi connectivity index (χ0n) is 17.5. The maximum absolute atomic E-state index is 12.7. The SMILES string of the molecule is CCCCC1CCC(C(=O)Nc2nc3ccc(CN4CCOCC4)cc3s2)CC1. The summed E-state index contributed by atoms with van der Waals surface area (Å²) in [6.07, 6.45) is 8.36. The van der Waals surface area contributed by atoms with Gasteiger partial charge >= 0.3 is 0 Å². The van der Waals surface area contributed by atoms with Crippen LogP contribution in [0, 0.1) is 11.8 Å². The number of nitrogens with one attached hydrogen (secondary N) is 1. The lowest BCUT2D eigenvalue weighted by atomic mass is 9.79. The highest BCUT2D eigenvalue weighted by atomic mass is 32.1. The molecule has 0 bridgehead atoms. The van der Waals surface area contributed by atoms with E-state index in [4.69, 9.17) is 4.74 Å². The molecule has 1 aromatic heterocycles. The second-order valence-electron chi connectivity index (χ2n) is 8.56. The molecule has 1 N–H and O–H groups in total. The zero-order valence-corrected chi connectivity index (χ0v) is 18.3. The minimum absolute atomic E-state index is 0.150. The van der Waals surface area contributed by atoms with E-state index >= 15 is 0 Å². The monoisotopic (exact) mass is 415 g/mol. The van der Waals surface area contributed by atoms with E-state index in [-0.39, 0.29) is 11.8 Å². The minimum Gasteiger partial charge on any atom is -0.379 e. The molecule has 29 heavy (non-hydrogen) atoms. The number of ether oxygens (including phenoxy) is 1. The Morgan fingerprint density at radius 2 is 2.03 bits per heavy atom. The summed E-state index contributed by atoms with van der Waals surface area (Å²) in [5.74, 6) is 1.13. The average Bonchev–Trinajstić information content (AvgIpc) is 3.15. The third-order valence-electron chi connectivity index (χ3n) is 6.38. The number of fused-ring (bicyclic) bond motifs is 1. The van der Waals surface area contributed by atoms with Crippen LogP contribution in [0.1, 0.15) is 57.4 Å². The Morgan fingerprint density at radius 3 is 2.79 bits per heavy atom. The Balaban J connectivity index is 1.33. The van der Waals surface area contributed by atoms with Gasteiger partial charge in [0.2, 0.25) is 5.91 Å². The summed E-state index contributed by atoms with van der Waals surface area (Å²) in [5, 5.41) is 3.84. The van der Waals surface area contributed by atoms with E-state index in [1.54, 1.807) is 11.3 Å². The van der Waals surface area contributed by atoms with E-state index in [1.807, 2.05) is 0 Å². The fourth-order valence-corrected chi connectivity index (χ4v) is 5.48. The standard InChI is InChI=1S/C23H33N3O2S/c1-2-3-4-17-5-8-19(9-6-17)22(27)25-23-24-20-10-7-18(15-21(20)29-23)16-26-11-13-28-14-12-26/h7,10,15,17,19H,2-6,8-9,11-14,16H2,1H3,(H,24,25,27). The van der Waals surface area contributed by atoms with Crippen LogP contribution in [-0.2, 0) is 16.1 Å². The Hall–Kier alpha value is -1.50. The predicted molar refractivity (Wildman–Crippen MR) is 119 cm³/mol. The molecule has 2 fully saturated rings. The molecule has 158 valence electrons. The van der Waals surface area contributed by atoms with Crippen LogP contribution in [0.3, 0.4) is 0 Å². The van der Waals surface area contributed by atoms with Gasteiger partial charge in [0.1, 0.15) is 0 Å². The van der Waals surface area contributed by atoms with Gasteiger partial charge in [-0.05, 0) is 49.3 Å². The highest BCUT2D eigenvalue weighted by Crippen LogP contribution is 2.33. The van der Waals surface area contributed by atoms with Crippen molar-refractivity contribution < 1.29 is 9.53 Å². The molecule has 0 radical (unpaired) electrons. The normalized spacial score (nSPS) is 23.3. The highest BCUT2D eigenvalue weighted by molar-refractivity contribution is 7.22. The quantitative estimate of drug-likeness (QED) is 0.686. The van der Waals surface area contributed by atoms with Crippen molar-refractivity contribution in [3.05, 3.63) is 23.8 Å². The minimum atomic E-state index is 0.150. The molecule has 2 heterocycles. The number of aromatic nitrogens is 1. The molecular weight excluding hydrogens is 382 g/mol. The third kappa shape index (κ3) is 5.56. The molecule has 6 heteroatoms. The van der Waals surface area contributed by atoms with Crippen molar-refractivity contribution in [2.45, 2.75) is 58.4 Å². The topological polar surface area (TPSA) is 54.5 Å². The number of nitrogens with zero attached hydrogens (tertiary/aromatic N) is 2. The second-order valence-corrected chi connectivity index (χ2v) is 9.59. The Kier molecular flexibility index (Phi) is 7.16. The first-order valence-electron chi connectivity index (χ1n) is 11.2. The first-order valence-corrected chi connectivity index (χ1v) is 12.0. The molecule has 1 amide bonds. The van der Waals surface area contributed by atoms with Gasteiger partial charge in [0.05, 0.1) is 23.4 Å². The summed E-state index contributed by atoms with van der Waals surface area (Å²) in [6.45, 7) is 6.81. The molecule has 4 rings (SSSR count). The molecule has 2 aromatic rings. The molecule has 1 saturated heterocycles. The average molecular weight is 416 g/mol. The maximum Gasteiger partial charge on any atom is 0.229 e. The Bertz CT molecular complexity index is 808. The summed E-state index contributed by atoms with van der Waals surface area (Å²) in [5.41, 5.74) is 2.27. The number of rotatable bonds is 7. The van der Waals surface area contributed by atoms with E-state index in [0.29, 0.717) is 0 Å². The van der Waals surface area contributed by atoms with Crippen LogP contribution in [0.2, 0.25) is 0 Å². The van der Waals surface area contributed by atoms with Gasteiger partial charge in [-0.15, -0.1) is 0 Å². The zero-order chi connectivity index (χ0) is 20.1. The van der Waals surface area contributed by atoms with Gasteiger partial charge in [0.15, 0.2) is 5.13 Å². The van der Waals surface area contributed by atoms with Crippen molar-refractivity contribution in [1.29, 1.82) is 0 Å². The largest absolute Gasteiger partial charge is 0.379 e. The smallest absolute Gasteiger partial charge is 0.229 e. The van der Waals surface area contributed by atoms with Crippen LogP contribution in [0.4, 0.5) is 5.13 Å². The molecular formula is C23H33N3O2S. The van der Waals surface area contributed by atoms with E-state index in [1.165, 1.54) is 37.7 Å². The lowest BCUT2D eigenvalue weighted by Crippen LogP contribution is -2.35. The molecule has 5 nitrogen and oxygen atoms in total. The number of unbranched alkanes of at least 4 members (excludes halogenated alkanes) is 1. The van der Waals surface area contributed by atoms with Crippen LogP contribution in [0.15, 0.2) is 18.2 Å². The molecule has 1 aliphatic heterocycles. The van der Waals surface area contributed by atoms with Crippen LogP contribution >= 0.6 is 11.3 Å². The summed E-state index contributed by atoms with van der Waals surface area (Å²) >= 11 is 1.59. The lowest BCUT2D eigenvalue weighted by molar-refractivity contribution is -0.121. The fourth-order valence-electron chi connectivity index (χ4n) is 4.55. The number of amides is 1. The van der Waals surface area contributed by atoms with Gasteiger partial charge in [0.25, 0.3) is 0 Å². The lowest BCUT2D eigenvalue weighted by Gasteiger charge is -2.27. The first kappa shape index (κ1) is 20.8. The number of carbonyl (C=O) groups excluding carboxylic acids is 1. The number of benzene rings is 1. The van der Waals surface area contributed by atoms with E-state index in [0.717, 1.165) is 67.0 Å². The second kappa shape index (κ2) is 10.0. The predicted octanol–water partition coefficient (Wildman–Crippen LogP) is 5.06. The van der Waals surface area contributed by atoms with Crippen LogP contribution in [0.5, 0.6) is 0 Å². The van der Waals surface area contributed by atoms with Crippen LogP contribution in [-0.4, -0.2) is 42.1 Å². The van der Waals surface area contributed by atoms with Crippen LogP contribution < -0.4 is 5.32 Å². The molecule has 0 atom stereocenters. The third-order valence-corrected chi connectivity index (χ3v) is 7.31.